The largest absolute Gasteiger partial charge is 0.481 e. The number of anilines is 1. The van der Waals surface area contributed by atoms with Crippen LogP contribution in [0.1, 0.15) is 17.7 Å². The highest BCUT2D eigenvalue weighted by Crippen LogP contribution is 2.30. The van der Waals surface area contributed by atoms with E-state index in [9.17, 15) is 4.79 Å². The van der Waals surface area contributed by atoms with Gasteiger partial charge >= 0.3 is 5.97 Å². The van der Waals surface area contributed by atoms with Crippen molar-refractivity contribution in [2.75, 3.05) is 18.0 Å². The van der Waals surface area contributed by atoms with Crippen LogP contribution in [0.25, 0.3) is 0 Å². The molecular weight excluding hydrogens is 220 g/mol. The fourth-order valence-electron chi connectivity index (χ4n) is 2.26. The molecule has 6 heteroatoms. The first-order valence-electron chi connectivity index (χ1n) is 5.43. The van der Waals surface area contributed by atoms with Gasteiger partial charge in [0.05, 0.1) is 12.1 Å². The van der Waals surface area contributed by atoms with E-state index in [1.54, 1.807) is 18.7 Å². The minimum Gasteiger partial charge on any atom is -0.481 e. The van der Waals surface area contributed by atoms with Crippen molar-refractivity contribution in [1.82, 2.24) is 9.78 Å². The summed E-state index contributed by atoms with van der Waals surface area (Å²) >= 11 is 0. The lowest BCUT2D eigenvalue weighted by molar-refractivity contribution is -0.138. The minimum absolute atomic E-state index is 0.175. The summed E-state index contributed by atoms with van der Waals surface area (Å²) in [5.74, 6) is 0.206. The minimum atomic E-state index is -0.767. The topological polar surface area (TPSA) is 82.2 Å². The Labute approximate surface area is 99.1 Å². The van der Waals surface area contributed by atoms with E-state index >= 15 is 0 Å². The van der Waals surface area contributed by atoms with Crippen molar-refractivity contribution in [2.24, 2.45) is 13.0 Å². The Morgan fingerprint density at radius 2 is 2.29 bits per heavy atom. The van der Waals surface area contributed by atoms with E-state index < -0.39 is 5.97 Å². The monoisotopic (exact) mass is 234 g/mol. The highest BCUT2D eigenvalue weighted by atomic mass is 16.4. The fourth-order valence-corrected chi connectivity index (χ4v) is 2.26. The summed E-state index contributed by atoms with van der Waals surface area (Å²) in [7, 11) is 1.80. The number of carboxylic acid groups (broad SMARTS) is 1. The van der Waals surface area contributed by atoms with Gasteiger partial charge in [-0.25, -0.2) is 0 Å². The lowest BCUT2D eigenvalue weighted by Gasteiger charge is -2.40. The number of carboxylic acids is 1. The van der Waals surface area contributed by atoms with Gasteiger partial charge in [0.15, 0.2) is 0 Å². The molecule has 0 bridgehead atoms. The lowest BCUT2D eigenvalue weighted by atomic mass is 9.96. The molecule has 1 saturated heterocycles. The molecule has 0 radical (unpaired) electrons. The van der Waals surface area contributed by atoms with Crippen molar-refractivity contribution in [3.8, 4) is 6.07 Å². The van der Waals surface area contributed by atoms with Gasteiger partial charge in [0.1, 0.15) is 17.5 Å². The first-order chi connectivity index (χ1) is 8.02. The van der Waals surface area contributed by atoms with Gasteiger partial charge in [-0.2, -0.15) is 10.4 Å². The Morgan fingerprint density at radius 1 is 1.65 bits per heavy atom. The number of nitriles is 1. The van der Waals surface area contributed by atoms with Crippen LogP contribution in [0.2, 0.25) is 0 Å². The number of rotatable bonds is 3. The first kappa shape index (κ1) is 11.5. The maximum atomic E-state index is 10.6. The second kappa shape index (κ2) is 4.09. The van der Waals surface area contributed by atoms with E-state index in [1.807, 2.05) is 4.90 Å². The standard InChI is InChI=1S/C11H14N4O2/c1-7-9(4-12)11(14(2)13-7)15-5-8(6-15)3-10(16)17/h8H,3,5-6H2,1-2H3,(H,16,17). The molecule has 6 nitrogen and oxygen atoms in total. The van der Waals surface area contributed by atoms with Gasteiger partial charge in [-0.3, -0.25) is 9.48 Å². The molecule has 1 aliphatic heterocycles. The zero-order valence-corrected chi connectivity index (χ0v) is 9.84. The Morgan fingerprint density at radius 3 is 2.82 bits per heavy atom. The van der Waals surface area contributed by atoms with E-state index in [0.717, 1.165) is 5.82 Å². The molecule has 0 unspecified atom stereocenters. The summed E-state index contributed by atoms with van der Waals surface area (Å²) in [5, 5.41) is 22.0. The van der Waals surface area contributed by atoms with Crippen LogP contribution in [0, 0.1) is 24.2 Å². The molecule has 0 saturated carbocycles. The Balaban J connectivity index is 2.11. The Hall–Kier alpha value is -2.03. The number of hydrogen-bond acceptors (Lipinski definition) is 4. The van der Waals surface area contributed by atoms with Crippen molar-refractivity contribution in [1.29, 1.82) is 5.26 Å². The lowest BCUT2D eigenvalue weighted by Crippen LogP contribution is -2.48. The maximum absolute atomic E-state index is 10.6. The zero-order chi connectivity index (χ0) is 12.6. The maximum Gasteiger partial charge on any atom is 0.303 e. The van der Waals surface area contributed by atoms with E-state index in [-0.39, 0.29) is 12.3 Å². The highest BCUT2D eigenvalue weighted by Gasteiger charge is 2.32. The molecule has 0 aromatic carbocycles. The predicted molar refractivity (Wildman–Crippen MR) is 60.6 cm³/mol. The number of nitrogens with zero attached hydrogens (tertiary/aromatic N) is 4. The van der Waals surface area contributed by atoms with Crippen LogP contribution >= 0.6 is 0 Å². The number of aliphatic carboxylic acids is 1. The average molecular weight is 234 g/mol. The van der Waals surface area contributed by atoms with E-state index in [4.69, 9.17) is 10.4 Å². The second-order valence-corrected chi connectivity index (χ2v) is 4.39. The summed E-state index contributed by atoms with van der Waals surface area (Å²) in [6, 6.07) is 2.15. The number of aromatic nitrogens is 2. The summed E-state index contributed by atoms with van der Waals surface area (Å²) in [5.41, 5.74) is 1.30. The van der Waals surface area contributed by atoms with Crippen LogP contribution in [0.4, 0.5) is 5.82 Å². The van der Waals surface area contributed by atoms with Gasteiger partial charge in [-0.05, 0) is 6.92 Å². The van der Waals surface area contributed by atoms with Crippen molar-refractivity contribution in [2.45, 2.75) is 13.3 Å². The molecule has 1 aliphatic rings. The third kappa shape index (κ3) is 1.96. The predicted octanol–water partition coefficient (Wildman–Crippen LogP) is 0.511. The highest BCUT2D eigenvalue weighted by molar-refractivity contribution is 5.68. The molecule has 2 heterocycles. The van der Waals surface area contributed by atoms with Crippen LogP contribution in [0.5, 0.6) is 0 Å². The molecule has 1 aromatic rings. The van der Waals surface area contributed by atoms with Crippen molar-refractivity contribution < 1.29 is 9.90 Å². The zero-order valence-electron chi connectivity index (χ0n) is 9.84. The molecule has 1 fully saturated rings. The SMILES string of the molecule is Cc1nn(C)c(N2CC(CC(=O)O)C2)c1C#N. The molecule has 17 heavy (non-hydrogen) atoms. The normalized spacial score (nSPS) is 15.5. The molecule has 0 amide bonds. The Bertz CT molecular complexity index is 494. The number of hydrogen-bond donors (Lipinski definition) is 1. The van der Waals surface area contributed by atoms with Crippen LogP contribution in [-0.4, -0.2) is 33.9 Å². The molecule has 0 aliphatic carbocycles. The molecule has 90 valence electrons. The van der Waals surface area contributed by atoms with Gasteiger partial charge in [0.25, 0.3) is 0 Å². The van der Waals surface area contributed by atoms with E-state index in [2.05, 4.69) is 11.2 Å². The number of carbonyl (C=O) groups is 1. The van der Waals surface area contributed by atoms with Crippen LogP contribution in [0.15, 0.2) is 0 Å². The van der Waals surface area contributed by atoms with Crippen molar-refractivity contribution >= 4 is 11.8 Å². The van der Waals surface area contributed by atoms with Gasteiger partial charge in [0, 0.05) is 26.1 Å². The fraction of sp³-hybridized carbons (Fsp3) is 0.545. The van der Waals surface area contributed by atoms with Crippen LogP contribution in [0.3, 0.4) is 0 Å². The third-order valence-electron chi connectivity index (χ3n) is 3.02. The van der Waals surface area contributed by atoms with Crippen molar-refractivity contribution in [3.63, 3.8) is 0 Å². The average Bonchev–Trinajstić information content (AvgIpc) is 2.45. The molecule has 1 aromatic heterocycles. The molecule has 0 atom stereocenters. The van der Waals surface area contributed by atoms with Gasteiger partial charge in [-0.15, -0.1) is 0 Å². The second-order valence-electron chi connectivity index (χ2n) is 4.39. The first-order valence-corrected chi connectivity index (χ1v) is 5.43. The molecule has 1 N–H and O–H groups in total. The summed E-state index contributed by atoms with van der Waals surface area (Å²) in [4.78, 5) is 12.6. The van der Waals surface area contributed by atoms with Gasteiger partial charge in [-0.1, -0.05) is 0 Å². The third-order valence-corrected chi connectivity index (χ3v) is 3.02. The number of aryl methyl sites for hydroxylation is 2. The van der Waals surface area contributed by atoms with Gasteiger partial charge < -0.3 is 10.0 Å². The summed E-state index contributed by atoms with van der Waals surface area (Å²) in [6.07, 6.45) is 0.190. The van der Waals surface area contributed by atoms with Gasteiger partial charge in [0.2, 0.25) is 0 Å². The summed E-state index contributed by atoms with van der Waals surface area (Å²) < 4.78 is 1.69. The van der Waals surface area contributed by atoms with Crippen molar-refractivity contribution in [3.05, 3.63) is 11.3 Å². The van der Waals surface area contributed by atoms with Crippen LogP contribution in [-0.2, 0) is 11.8 Å². The Kier molecular flexibility index (Phi) is 2.76. The van der Waals surface area contributed by atoms with E-state index in [0.29, 0.717) is 24.3 Å². The van der Waals surface area contributed by atoms with E-state index in [1.165, 1.54) is 0 Å². The smallest absolute Gasteiger partial charge is 0.303 e. The summed E-state index contributed by atoms with van der Waals surface area (Å²) in [6.45, 7) is 3.16. The molecule has 2 rings (SSSR count). The molecular formula is C11H14N4O2. The quantitative estimate of drug-likeness (QED) is 0.824. The molecule has 0 spiro atoms. The van der Waals surface area contributed by atoms with Crippen LogP contribution < -0.4 is 4.90 Å².